The molecule has 0 spiro atoms. The number of hydrogen-bond donors (Lipinski definition) is 0. The van der Waals surface area contributed by atoms with Crippen molar-refractivity contribution >= 4 is 16.3 Å². The van der Waals surface area contributed by atoms with E-state index >= 15 is 0 Å². The Morgan fingerprint density at radius 2 is 0.789 bits per heavy atom. The lowest BCUT2D eigenvalue weighted by Gasteiger charge is -2.25. The zero-order valence-electron chi connectivity index (χ0n) is 13.8. The van der Waals surface area contributed by atoms with Crippen LogP contribution in [-0.4, -0.2) is 24.6 Å². The van der Waals surface area contributed by atoms with Crippen LogP contribution in [0.4, 0.5) is 0 Å². The molecule has 0 aromatic carbocycles. The maximum Gasteiger partial charge on any atom is 0.0340 e. The van der Waals surface area contributed by atoms with Gasteiger partial charge >= 0.3 is 0 Å². The average molecular weight is 306 g/mol. The van der Waals surface area contributed by atoms with E-state index in [0.717, 1.165) is 0 Å². The Kier molecular flexibility index (Phi) is 15.9. The van der Waals surface area contributed by atoms with Crippen molar-refractivity contribution in [2.75, 3.05) is 24.6 Å². The first-order chi connectivity index (χ1) is 9.28. The summed E-state index contributed by atoms with van der Waals surface area (Å²) in [6.45, 7) is 9.18. The van der Waals surface area contributed by atoms with E-state index in [-0.39, 0.29) is 16.3 Å². The minimum atomic E-state index is -0.116. The molecule has 0 bridgehead atoms. The van der Waals surface area contributed by atoms with Crippen LogP contribution in [0.25, 0.3) is 0 Å². The summed E-state index contributed by atoms with van der Waals surface area (Å²) < 4.78 is 6.59. The van der Waals surface area contributed by atoms with E-state index in [1.165, 1.54) is 76.0 Å². The molecule has 0 saturated carbocycles. The fourth-order valence-corrected chi connectivity index (χ4v) is 7.62. The third-order valence-electron chi connectivity index (χ3n) is 3.28. The van der Waals surface area contributed by atoms with Gasteiger partial charge in [-0.1, -0.05) is 53.4 Å². The smallest absolute Gasteiger partial charge is 0.0340 e. The predicted octanol–water partition coefficient (Wildman–Crippen LogP) is 7.00. The zero-order chi connectivity index (χ0) is 14.3. The van der Waals surface area contributed by atoms with Gasteiger partial charge in [0.15, 0.2) is 0 Å². The molecule has 0 N–H and O–H groups in total. The van der Waals surface area contributed by atoms with Crippen molar-refractivity contribution in [3.05, 3.63) is 0 Å². The standard InChI is InChI=1S/C16H36OP2/c1-5-9-13-18(14-10-6-2)17-19(15-11-7-3)16-12-8-4/h5-16H2,1-4H3. The van der Waals surface area contributed by atoms with E-state index in [0.29, 0.717) is 0 Å². The molecular formula is C16H36OP2. The molecular weight excluding hydrogens is 270 g/mol. The molecule has 0 atom stereocenters. The number of unbranched alkanes of at least 4 members (excludes halogenated alkanes) is 4. The third-order valence-corrected chi connectivity index (χ3v) is 8.38. The molecule has 0 saturated heterocycles. The molecule has 0 heterocycles. The fourth-order valence-electron chi connectivity index (χ4n) is 1.89. The van der Waals surface area contributed by atoms with Crippen LogP contribution in [0.2, 0.25) is 0 Å². The summed E-state index contributed by atoms with van der Waals surface area (Å²) in [6, 6.07) is 0. The largest absolute Gasteiger partial charge is 0.338 e. The van der Waals surface area contributed by atoms with Gasteiger partial charge < -0.3 is 4.31 Å². The summed E-state index contributed by atoms with van der Waals surface area (Å²) in [7, 11) is -0.232. The van der Waals surface area contributed by atoms with Crippen molar-refractivity contribution < 1.29 is 4.31 Å². The van der Waals surface area contributed by atoms with E-state index in [9.17, 15) is 0 Å². The molecule has 0 aliphatic carbocycles. The molecule has 0 amide bonds. The molecule has 19 heavy (non-hydrogen) atoms. The lowest BCUT2D eigenvalue weighted by atomic mass is 10.4. The van der Waals surface area contributed by atoms with E-state index in [1.807, 2.05) is 0 Å². The topological polar surface area (TPSA) is 9.23 Å². The second-order valence-electron chi connectivity index (χ2n) is 5.35. The van der Waals surface area contributed by atoms with Gasteiger partial charge in [-0.05, 0) is 50.3 Å². The molecule has 0 fully saturated rings. The maximum absolute atomic E-state index is 6.59. The van der Waals surface area contributed by atoms with Crippen LogP contribution in [0.1, 0.15) is 79.1 Å². The monoisotopic (exact) mass is 306 g/mol. The van der Waals surface area contributed by atoms with Crippen LogP contribution < -0.4 is 0 Å². The van der Waals surface area contributed by atoms with E-state index < -0.39 is 0 Å². The van der Waals surface area contributed by atoms with E-state index in [2.05, 4.69) is 27.7 Å². The summed E-state index contributed by atoms with van der Waals surface area (Å²) >= 11 is 0. The highest BCUT2D eigenvalue weighted by Gasteiger charge is 2.15. The first kappa shape index (κ1) is 19.8. The molecule has 0 unspecified atom stereocenters. The lowest BCUT2D eigenvalue weighted by Crippen LogP contribution is -1.98. The SMILES string of the molecule is CCCCP(CCCC)OP(CCCC)CCCC. The van der Waals surface area contributed by atoms with Crippen LogP contribution in [0.3, 0.4) is 0 Å². The van der Waals surface area contributed by atoms with Crippen LogP contribution in [0.5, 0.6) is 0 Å². The van der Waals surface area contributed by atoms with Crippen molar-refractivity contribution in [2.45, 2.75) is 79.1 Å². The summed E-state index contributed by atoms with van der Waals surface area (Å²) in [4.78, 5) is 0. The highest BCUT2D eigenvalue weighted by atomic mass is 31.2. The number of rotatable bonds is 14. The van der Waals surface area contributed by atoms with Gasteiger partial charge in [-0.2, -0.15) is 0 Å². The summed E-state index contributed by atoms with van der Waals surface area (Å²) in [5.41, 5.74) is 0. The van der Waals surface area contributed by atoms with Crippen molar-refractivity contribution in [2.24, 2.45) is 0 Å². The second-order valence-corrected chi connectivity index (χ2v) is 9.72. The van der Waals surface area contributed by atoms with E-state index in [4.69, 9.17) is 4.31 Å². The molecule has 1 nitrogen and oxygen atoms in total. The molecule has 116 valence electrons. The van der Waals surface area contributed by atoms with Crippen LogP contribution >= 0.6 is 16.3 Å². The molecule has 0 rings (SSSR count). The Morgan fingerprint density at radius 1 is 0.526 bits per heavy atom. The Balaban J connectivity index is 4.16. The van der Waals surface area contributed by atoms with Gasteiger partial charge in [0.25, 0.3) is 0 Å². The normalized spacial score (nSPS) is 11.7. The van der Waals surface area contributed by atoms with Gasteiger partial charge in [-0.25, -0.2) is 0 Å². The predicted molar refractivity (Wildman–Crippen MR) is 94.0 cm³/mol. The Hall–Kier alpha value is 0.820. The second kappa shape index (κ2) is 15.2. The van der Waals surface area contributed by atoms with Crippen LogP contribution in [-0.2, 0) is 4.31 Å². The number of hydrogen-bond acceptors (Lipinski definition) is 1. The van der Waals surface area contributed by atoms with Gasteiger partial charge in [0.1, 0.15) is 0 Å². The van der Waals surface area contributed by atoms with Gasteiger partial charge in [-0.15, -0.1) is 0 Å². The van der Waals surface area contributed by atoms with Gasteiger partial charge in [-0.3, -0.25) is 0 Å². The van der Waals surface area contributed by atoms with Gasteiger partial charge in [0.05, 0.1) is 0 Å². The molecule has 0 aromatic rings. The van der Waals surface area contributed by atoms with Crippen LogP contribution in [0.15, 0.2) is 0 Å². The lowest BCUT2D eigenvalue weighted by molar-refractivity contribution is 0.650. The minimum absolute atomic E-state index is 0.116. The highest BCUT2D eigenvalue weighted by Crippen LogP contribution is 2.54. The average Bonchev–Trinajstić information content (AvgIpc) is 2.44. The minimum Gasteiger partial charge on any atom is -0.338 e. The Labute approximate surface area is 124 Å². The van der Waals surface area contributed by atoms with Crippen molar-refractivity contribution in [3.63, 3.8) is 0 Å². The van der Waals surface area contributed by atoms with Crippen LogP contribution in [0, 0.1) is 0 Å². The Morgan fingerprint density at radius 3 is 1.00 bits per heavy atom. The van der Waals surface area contributed by atoms with E-state index in [1.54, 1.807) is 0 Å². The third kappa shape index (κ3) is 12.3. The fraction of sp³-hybridized carbons (Fsp3) is 1.00. The zero-order valence-corrected chi connectivity index (χ0v) is 15.6. The van der Waals surface area contributed by atoms with Crippen molar-refractivity contribution in [1.29, 1.82) is 0 Å². The first-order valence-electron chi connectivity index (χ1n) is 8.46. The molecule has 3 heteroatoms. The first-order valence-corrected chi connectivity index (χ1v) is 11.7. The molecule has 0 aliphatic heterocycles. The van der Waals surface area contributed by atoms with Gasteiger partial charge in [0, 0.05) is 16.3 Å². The molecule has 0 aliphatic rings. The summed E-state index contributed by atoms with van der Waals surface area (Å²) in [5, 5.41) is 0. The molecule has 0 aromatic heterocycles. The van der Waals surface area contributed by atoms with Crippen molar-refractivity contribution in [1.82, 2.24) is 0 Å². The quantitative estimate of drug-likeness (QED) is 0.314. The summed E-state index contributed by atoms with van der Waals surface area (Å²) in [6.07, 6.45) is 16.1. The van der Waals surface area contributed by atoms with Gasteiger partial charge in [0.2, 0.25) is 0 Å². The maximum atomic E-state index is 6.59. The highest BCUT2D eigenvalue weighted by molar-refractivity contribution is 7.65. The summed E-state index contributed by atoms with van der Waals surface area (Å²) in [5.74, 6) is 0. The Bertz CT molecular complexity index is 142. The van der Waals surface area contributed by atoms with Crippen molar-refractivity contribution in [3.8, 4) is 0 Å². The molecule has 0 radical (unpaired) electrons.